The maximum atomic E-state index is 11.8. The summed E-state index contributed by atoms with van der Waals surface area (Å²) in [6.45, 7) is 4.12. The summed E-state index contributed by atoms with van der Waals surface area (Å²) >= 11 is 1.20. The van der Waals surface area contributed by atoms with Gasteiger partial charge in [0, 0.05) is 25.6 Å². The molecule has 7 heteroatoms. The van der Waals surface area contributed by atoms with Crippen molar-refractivity contribution in [2.24, 2.45) is 5.41 Å². The van der Waals surface area contributed by atoms with Crippen molar-refractivity contribution in [2.75, 3.05) is 31.2 Å². The summed E-state index contributed by atoms with van der Waals surface area (Å²) in [5.41, 5.74) is 5.29. The van der Waals surface area contributed by atoms with Crippen molar-refractivity contribution in [3.63, 3.8) is 0 Å². The SMILES string of the molecule is CNc1nc(N)c(C(=O)NCC(C)(C)CO)s1. The van der Waals surface area contributed by atoms with Crippen LogP contribution in [0.15, 0.2) is 0 Å². The number of hydrogen-bond donors (Lipinski definition) is 4. The van der Waals surface area contributed by atoms with Gasteiger partial charge in [-0.05, 0) is 0 Å². The Labute approximate surface area is 104 Å². The summed E-state index contributed by atoms with van der Waals surface area (Å²) in [4.78, 5) is 16.2. The molecule has 0 fully saturated rings. The number of thiazole rings is 1. The first-order chi connectivity index (χ1) is 7.89. The van der Waals surface area contributed by atoms with E-state index >= 15 is 0 Å². The minimum Gasteiger partial charge on any atom is -0.396 e. The quantitative estimate of drug-likeness (QED) is 0.617. The molecule has 0 aliphatic rings. The smallest absolute Gasteiger partial charge is 0.265 e. The van der Waals surface area contributed by atoms with E-state index in [0.717, 1.165) is 0 Å². The van der Waals surface area contributed by atoms with Crippen LogP contribution in [0, 0.1) is 5.41 Å². The maximum absolute atomic E-state index is 11.8. The molecule has 0 aliphatic carbocycles. The van der Waals surface area contributed by atoms with Gasteiger partial charge in [-0.3, -0.25) is 4.79 Å². The van der Waals surface area contributed by atoms with Crippen LogP contribution in [-0.2, 0) is 0 Å². The van der Waals surface area contributed by atoms with Crippen LogP contribution in [0.4, 0.5) is 10.9 Å². The van der Waals surface area contributed by atoms with Gasteiger partial charge in [0.2, 0.25) is 0 Å². The molecular weight excluding hydrogens is 240 g/mol. The second-order valence-corrected chi connectivity index (χ2v) is 5.49. The molecule has 0 aromatic carbocycles. The molecule has 0 aliphatic heterocycles. The third-order valence-electron chi connectivity index (χ3n) is 2.23. The Balaban J connectivity index is 2.67. The van der Waals surface area contributed by atoms with Gasteiger partial charge in [-0.2, -0.15) is 0 Å². The van der Waals surface area contributed by atoms with Crippen molar-refractivity contribution in [3.05, 3.63) is 4.88 Å². The topological polar surface area (TPSA) is 100 Å². The van der Waals surface area contributed by atoms with Crippen LogP contribution in [0.2, 0.25) is 0 Å². The number of rotatable bonds is 5. The second-order valence-electron chi connectivity index (χ2n) is 4.49. The zero-order chi connectivity index (χ0) is 13.1. The molecule has 0 atom stereocenters. The first-order valence-corrected chi connectivity index (χ1v) is 6.04. The van der Waals surface area contributed by atoms with Gasteiger partial charge >= 0.3 is 0 Å². The third kappa shape index (κ3) is 3.57. The first-order valence-electron chi connectivity index (χ1n) is 5.23. The zero-order valence-corrected chi connectivity index (χ0v) is 11.0. The van der Waals surface area contributed by atoms with Crippen LogP contribution >= 0.6 is 11.3 Å². The molecule has 6 nitrogen and oxygen atoms in total. The number of nitrogens with zero attached hydrogens (tertiary/aromatic N) is 1. The molecule has 1 aromatic rings. The lowest BCUT2D eigenvalue weighted by molar-refractivity contribution is 0.0915. The summed E-state index contributed by atoms with van der Waals surface area (Å²) in [5, 5.41) is 15.3. The van der Waals surface area contributed by atoms with Crippen LogP contribution in [0.5, 0.6) is 0 Å². The molecule has 1 rings (SSSR count). The minimum atomic E-state index is -0.346. The van der Waals surface area contributed by atoms with Crippen LogP contribution in [0.1, 0.15) is 23.5 Å². The standard InChI is InChI=1S/C10H18N4O2S/c1-10(2,5-15)4-13-8(16)6-7(11)14-9(12-3)17-6/h15H,4-5,11H2,1-3H3,(H,12,14)(H,13,16). The summed E-state index contributed by atoms with van der Waals surface area (Å²) in [6, 6.07) is 0. The summed E-state index contributed by atoms with van der Waals surface area (Å²) in [7, 11) is 1.72. The molecule has 0 bridgehead atoms. The zero-order valence-electron chi connectivity index (χ0n) is 10.2. The molecule has 0 saturated carbocycles. The second kappa shape index (κ2) is 5.33. The Morgan fingerprint density at radius 1 is 1.59 bits per heavy atom. The Kier molecular flexibility index (Phi) is 4.30. The third-order valence-corrected chi connectivity index (χ3v) is 3.32. The van der Waals surface area contributed by atoms with Gasteiger partial charge in [0.05, 0.1) is 0 Å². The number of aliphatic hydroxyl groups is 1. The van der Waals surface area contributed by atoms with E-state index in [0.29, 0.717) is 16.6 Å². The van der Waals surface area contributed by atoms with Gasteiger partial charge in [0.25, 0.3) is 5.91 Å². The Morgan fingerprint density at radius 3 is 2.71 bits per heavy atom. The van der Waals surface area contributed by atoms with Crippen molar-refractivity contribution >= 4 is 28.2 Å². The predicted octanol–water partition coefficient (Wildman–Crippen LogP) is 0.515. The molecular formula is C10H18N4O2S. The molecule has 1 aromatic heterocycles. The lowest BCUT2D eigenvalue weighted by Crippen LogP contribution is -2.36. The van der Waals surface area contributed by atoms with Gasteiger partial charge in [0.1, 0.15) is 10.7 Å². The molecule has 96 valence electrons. The van der Waals surface area contributed by atoms with Crippen LogP contribution in [0.25, 0.3) is 0 Å². The van der Waals surface area contributed by atoms with Crippen molar-refractivity contribution in [3.8, 4) is 0 Å². The average molecular weight is 258 g/mol. The number of nitrogens with two attached hydrogens (primary N) is 1. The summed E-state index contributed by atoms with van der Waals surface area (Å²) < 4.78 is 0. The van der Waals surface area contributed by atoms with E-state index < -0.39 is 0 Å². The van der Waals surface area contributed by atoms with Gasteiger partial charge in [-0.1, -0.05) is 25.2 Å². The van der Waals surface area contributed by atoms with Crippen molar-refractivity contribution in [2.45, 2.75) is 13.8 Å². The van der Waals surface area contributed by atoms with Crippen LogP contribution < -0.4 is 16.4 Å². The number of hydrogen-bond acceptors (Lipinski definition) is 6. The summed E-state index contributed by atoms with van der Waals surface area (Å²) in [6.07, 6.45) is 0. The van der Waals surface area contributed by atoms with E-state index in [1.807, 2.05) is 13.8 Å². The molecule has 0 saturated heterocycles. The average Bonchev–Trinajstić information content (AvgIpc) is 2.68. The number of aliphatic hydroxyl groups excluding tert-OH is 1. The number of aromatic nitrogens is 1. The van der Waals surface area contributed by atoms with Crippen LogP contribution in [-0.4, -0.2) is 36.2 Å². The van der Waals surface area contributed by atoms with Gasteiger partial charge in [-0.25, -0.2) is 4.98 Å². The van der Waals surface area contributed by atoms with E-state index in [9.17, 15) is 4.79 Å². The highest BCUT2D eigenvalue weighted by Gasteiger charge is 2.20. The molecule has 0 radical (unpaired) electrons. The fourth-order valence-electron chi connectivity index (χ4n) is 1.06. The number of nitrogens with one attached hydrogen (secondary N) is 2. The largest absolute Gasteiger partial charge is 0.396 e. The van der Waals surface area contributed by atoms with E-state index in [2.05, 4.69) is 15.6 Å². The van der Waals surface area contributed by atoms with Crippen LogP contribution in [0.3, 0.4) is 0 Å². The lowest BCUT2D eigenvalue weighted by Gasteiger charge is -2.21. The molecule has 0 spiro atoms. The number of nitrogen functional groups attached to an aromatic ring is 1. The van der Waals surface area contributed by atoms with E-state index in [1.165, 1.54) is 11.3 Å². The van der Waals surface area contributed by atoms with Gasteiger partial charge in [-0.15, -0.1) is 0 Å². The lowest BCUT2D eigenvalue weighted by atomic mass is 9.95. The fraction of sp³-hybridized carbons (Fsp3) is 0.600. The highest BCUT2D eigenvalue weighted by Crippen LogP contribution is 2.24. The minimum absolute atomic E-state index is 0.00716. The number of carbonyl (C=O) groups is 1. The monoisotopic (exact) mass is 258 g/mol. The van der Waals surface area contributed by atoms with E-state index in [4.69, 9.17) is 10.8 Å². The van der Waals surface area contributed by atoms with E-state index in [-0.39, 0.29) is 23.7 Å². The first kappa shape index (κ1) is 13.7. The molecule has 17 heavy (non-hydrogen) atoms. The Morgan fingerprint density at radius 2 is 2.24 bits per heavy atom. The Hall–Kier alpha value is -1.34. The highest BCUT2D eigenvalue weighted by atomic mass is 32.1. The molecule has 1 amide bonds. The molecule has 5 N–H and O–H groups in total. The number of amides is 1. The normalized spacial score (nSPS) is 11.3. The van der Waals surface area contributed by atoms with Crippen molar-refractivity contribution < 1.29 is 9.90 Å². The highest BCUT2D eigenvalue weighted by molar-refractivity contribution is 7.18. The van der Waals surface area contributed by atoms with E-state index in [1.54, 1.807) is 7.05 Å². The number of carbonyl (C=O) groups excluding carboxylic acids is 1. The predicted molar refractivity (Wildman–Crippen MR) is 69.3 cm³/mol. The van der Waals surface area contributed by atoms with Gasteiger partial charge in [0.15, 0.2) is 5.13 Å². The molecule has 0 unspecified atom stereocenters. The Bertz CT molecular complexity index is 403. The van der Waals surface area contributed by atoms with Gasteiger partial charge < -0.3 is 21.5 Å². The summed E-state index contributed by atoms with van der Waals surface area (Å²) in [5.74, 6) is -0.0401. The fourth-order valence-corrected chi connectivity index (χ4v) is 1.81. The maximum Gasteiger partial charge on any atom is 0.265 e. The van der Waals surface area contributed by atoms with Crippen molar-refractivity contribution in [1.29, 1.82) is 0 Å². The molecule has 1 heterocycles. The van der Waals surface area contributed by atoms with Crippen molar-refractivity contribution in [1.82, 2.24) is 10.3 Å². The number of anilines is 2.